The molecule has 0 aliphatic carbocycles. The lowest BCUT2D eigenvalue weighted by Crippen LogP contribution is -2.04. The molecule has 30 heavy (non-hydrogen) atoms. The zero-order valence-electron chi connectivity index (χ0n) is 16.5. The Kier molecular flexibility index (Phi) is 7.08. The van der Waals surface area contributed by atoms with Crippen LogP contribution in [0.2, 0.25) is 0 Å². The van der Waals surface area contributed by atoms with Gasteiger partial charge in [0.1, 0.15) is 0 Å². The predicted molar refractivity (Wildman–Crippen MR) is 106 cm³/mol. The number of ether oxygens (including phenoxy) is 1. The van der Waals surface area contributed by atoms with E-state index in [0.29, 0.717) is 5.56 Å². The van der Waals surface area contributed by atoms with Gasteiger partial charge in [-0.25, -0.2) is 17.6 Å². The summed E-state index contributed by atoms with van der Waals surface area (Å²) in [4.78, 5) is 0. The summed E-state index contributed by atoms with van der Waals surface area (Å²) in [6, 6.07) is 11.9. The summed E-state index contributed by atoms with van der Waals surface area (Å²) in [6.07, 6.45) is 2.40. The van der Waals surface area contributed by atoms with Gasteiger partial charge in [-0.1, -0.05) is 37.6 Å². The third kappa shape index (κ3) is 4.99. The Labute approximate surface area is 172 Å². The van der Waals surface area contributed by atoms with Crippen LogP contribution in [0.1, 0.15) is 30.9 Å². The van der Waals surface area contributed by atoms with E-state index >= 15 is 0 Å². The van der Waals surface area contributed by atoms with E-state index in [1.54, 1.807) is 12.1 Å². The first-order valence-electron chi connectivity index (χ1n) is 9.74. The normalized spacial score (nSPS) is 11.0. The summed E-state index contributed by atoms with van der Waals surface area (Å²) in [5, 5.41) is 0. The first-order chi connectivity index (χ1) is 14.4. The molecule has 6 heteroatoms. The second-order valence-electron chi connectivity index (χ2n) is 7.01. The molecule has 3 rings (SSSR count). The largest absolute Gasteiger partial charge is 0.490 e. The fourth-order valence-electron chi connectivity index (χ4n) is 3.22. The van der Waals surface area contributed by atoms with Gasteiger partial charge in [-0.15, -0.1) is 0 Å². The van der Waals surface area contributed by atoms with Crippen LogP contribution in [0.3, 0.4) is 0 Å². The standard InChI is InChI=1S/C24H21F5O/c1-2-4-15-6-8-17(9-7-15)18-10-11-21(24(29)22(18)27)30-12-3-5-16-13-19(25)23(28)20(26)14-16/h6-11,13-14H,2-5,12H2,1H3. The summed E-state index contributed by atoms with van der Waals surface area (Å²) in [7, 11) is 0. The van der Waals surface area contributed by atoms with Crippen LogP contribution in [0.15, 0.2) is 48.5 Å². The molecule has 0 amide bonds. The molecule has 0 aromatic heterocycles. The van der Waals surface area contributed by atoms with Crippen molar-refractivity contribution in [3.63, 3.8) is 0 Å². The molecule has 158 valence electrons. The van der Waals surface area contributed by atoms with Crippen molar-refractivity contribution in [1.29, 1.82) is 0 Å². The average Bonchev–Trinajstić information content (AvgIpc) is 2.73. The smallest absolute Gasteiger partial charge is 0.201 e. The summed E-state index contributed by atoms with van der Waals surface area (Å²) in [5.74, 6) is -6.39. The molecule has 0 N–H and O–H groups in total. The molecular weight excluding hydrogens is 399 g/mol. The first kappa shape index (κ1) is 21.8. The van der Waals surface area contributed by atoms with Crippen LogP contribution >= 0.6 is 0 Å². The third-order valence-electron chi connectivity index (χ3n) is 4.76. The van der Waals surface area contributed by atoms with Crippen LogP contribution in [0, 0.1) is 29.1 Å². The topological polar surface area (TPSA) is 9.23 Å². The van der Waals surface area contributed by atoms with E-state index in [1.165, 1.54) is 12.1 Å². The fourth-order valence-corrected chi connectivity index (χ4v) is 3.22. The van der Waals surface area contributed by atoms with Gasteiger partial charge in [0.2, 0.25) is 5.82 Å². The van der Waals surface area contributed by atoms with Crippen LogP contribution in [0.4, 0.5) is 22.0 Å². The second-order valence-corrected chi connectivity index (χ2v) is 7.01. The zero-order valence-corrected chi connectivity index (χ0v) is 16.5. The van der Waals surface area contributed by atoms with E-state index in [0.717, 1.165) is 30.5 Å². The molecular formula is C24H21F5O. The molecule has 3 aromatic rings. The Balaban J connectivity index is 1.63. The maximum absolute atomic E-state index is 14.5. The minimum absolute atomic E-state index is 0.00202. The highest BCUT2D eigenvalue weighted by molar-refractivity contribution is 5.65. The Hall–Kier alpha value is -2.89. The SMILES string of the molecule is CCCc1ccc(-c2ccc(OCCCc3cc(F)c(F)c(F)c3)c(F)c2F)cc1. The van der Waals surface area contributed by atoms with Crippen molar-refractivity contribution >= 4 is 0 Å². The van der Waals surface area contributed by atoms with E-state index in [2.05, 4.69) is 6.92 Å². The molecule has 0 saturated heterocycles. The highest BCUT2D eigenvalue weighted by Crippen LogP contribution is 2.30. The van der Waals surface area contributed by atoms with Gasteiger partial charge in [-0.2, -0.15) is 4.39 Å². The molecule has 0 saturated carbocycles. The maximum atomic E-state index is 14.5. The summed E-state index contributed by atoms with van der Waals surface area (Å²) in [6.45, 7) is 2.07. The van der Waals surface area contributed by atoms with Gasteiger partial charge < -0.3 is 4.74 Å². The van der Waals surface area contributed by atoms with Crippen molar-refractivity contribution in [1.82, 2.24) is 0 Å². The molecule has 0 radical (unpaired) electrons. The maximum Gasteiger partial charge on any atom is 0.201 e. The molecule has 0 unspecified atom stereocenters. The highest BCUT2D eigenvalue weighted by Gasteiger charge is 2.16. The van der Waals surface area contributed by atoms with Crippen molar-refractivity contribution in [2.45, 2.75) is 32.6 Å². The Morgan fingerprint density at radius 1 is 0.700 bits per heavy atom. The van der Waals surface area contributed by atoms with Gasteiger partial charge in [-0.3, -0.25) is 0 Å². The Bertz CT molecular complexity index is 992. The Morgan fingerprint density at radius 2 is 1.37 bits per heavy atom. The van der Waals surface area contributed by atoms with E-state index in [-0.39, 0.29) is 36.3 Å². The van der Waals surface area contributed by atoms with Crippen molar-refractivity contribution < 1.29 is 26.7 Å². The van der Waals surface area contributed by atoms with Crippen molar-refractivity contribution in [2.24, 2.45) is 0 Å². The molecule has 0 aliphatic heterocycles. The Morgan fingerprint density at radius 3 is 2.00 bits per heavy atom. The second kappa shape index (κ2) is 9.74. The minimum atomic E-state index is -1.52. The van der Waals surface area contributed by atoms with Crippen LogP contribution in [-0.4, -0.2) is 6.61 Å². The minimum Gasteiger partial charge on any atom is -0.490 e. The molecule has 0 fully saturated rings. The fraction of sp³-hybridized carbons (Fsp3) is 0.250. The lowest BCUT2D eigenvalue weighted by Gasteiger charge is -2.11. The molecule has 3 aromatic carbocycles. The number of aryl methyl sites for hydroxylation is 2. The number of hydrogen-bond donors (Lipinski definition) is 0. The quantitative estimate of drug-likeness (QED) is 0.216. The van der Waals surface area contributed by atoms with Gasteiger partial charge >= 0.3 is 0 Å². The van der Waals surface area contributed by atoms with Crippen LogP contribution in [0.5, 0.6) is 5.75 Å². The molecule has 0 bridgehead atoms. The van der Waals surface area contributed by atoms with E-state index in [1.807, 2.05) is 12.1 Å². The summed E-state index contributed by atoms with van der Waals surface area (Å²) >= 11 is 0. The van der Waals surface area contributed by atoms with Crippen molar-refractivity contribution in [3.05, 3.63) is 88.7 Å². The highest BCUT2D eigenvalue weighted by atomic mass is 19.2. The lowest BCUT2D eigenvalue weighted by molar-refractivity contribution is 0.290. The van der Waals surface area contributed by atoms with Crippen LogP contribution in [-0.2, 0) is 12.8 Å². The zero-order chi connectivity index (χ0) is 21.7. The monoisotopic (exact) mass is 420 g/mol. The molecule has 0 atom stereocenters. The van der Waals surface area contributed by atoms with E-state index in [4.69, 9.17) is 4.74 Å². The van der Waals surface area contributed by atoms with Crippen molar-refractivity contribution in [2.75, 3.05) is 6.61 Å². The summed E-state index contributed by atoms with van der Waals surface area (Å²) < 4.78 is 73.6. The van der Waals surface area contributed by atoms with E-state index < -0.39 is 29.1 Å². The molecule has 0 heterocycles. The van der Waals surface area contributed by atoms with Gasteiger partial charge in [0.25, 0.3) is 0 Å². The first-order valence-corrected chi connectivity index (χ1v) is 9.74. The number of benzene rings is 3. The lowest BCUT2D eigenvalue weighted by atomic mass is 10.0. The van der Waals surface area contributed by atoms with Crippen LogP contribution < -0.4 is 4.74 Å². The number of rotatable bonds is 8. The predicted octanol–water partition coefficient (Wildman–Crippen LogP) is 7.01. The van der Waals surface area contributed by atoms with Crippen molar-refractivity contribution in [3.8, 4) is 16.9 Å². The van der Waals surface area contributed by atoms with Gasteiger partial charge in [-0.05, 0) is 60.2 Å². The number of halogens is 5. The van der Waals surface area contributed by atoms with E-state index in [9.17, 15) is 22.0 Å². The van der Waals surface area contributed by atoms with Crippen LogP contribution in [0.25, 0.3) is 11.1 Å². The molecule has 0 spiro atoms. The van der Waals surface area contributed by atoms with Gasteiger partial charge in [0.05, 0.1) is 6.61 Å². The third-order valence-corrected chi connectivity index (χ3v) is 4.76. The average molecular weight is 420 g/mol. The van der Waals surface area contributed by atoms with Gasteiger partial charge in [0, 0.05) is 5.56 Å². The molecule has 0 aliphatic rings. The van der Waals surface area contributed by atoms with Gasteiger partial charge in [0.15, 0.2) is 29.0 Å². The molecule has 1 nitrogen and oxygen atoms in total. The summed E-state index contributed by atoms with van der Waals surface area (Å²) in [5.41, 5.74) is 2.09. The number of hydrogen-bond acceptors (Lipinski definition) is 1.